The molecule has 1 aromatic heterocycles. The van der Waals surface area contributed by atoms with E-state index in [1.165, 1.54) is 7.11 Å². The van der Waals surface area contributed by atoms with Gasteiger partial charge in [0, 0.05) is 5.56 Å². The molecule has 1 aliphatic rings. The van der Waals surface area contributed by atoms with Gasteiger partial charge in [-0.1, -0.05) is 43.2 Å². The van der Waals surface area contributed by atoms with Crippen molar-refractivity contribution in [3.63, 3.8) is 0 Å². The van der Waals surface area contributed by atoms with Crippen LogP contribution in [-0.2, 0) is 9.47 Å². The summed E-state index contributed by atoms with van der Waals surface area (Å²) in [6.45, 7) is 2.06. The summed E-state index contributed by atoms with van der Waals surface area (Å²) in [5, 5.41) is 2.93. The number of benzene rings is 1. The molecule has 7 heteroatoms. The van der Waals surface area contributed by atoms with Crippen molar-refractivity contribution in [2.75, 3.05) is 13.7 Å². The quantitative estimate of drug-likeness (QED) is 0.813. The van der Waals surface area contributed by atoms with Gasteiger partial charge in [0.15, 0.2) is 5.69 Å². The van der Waals surface area contributed by atoms with E-state index >= 15 is 0 Å². The summed E-state index contributed by atoms with van der Waals surface area (Å²) < 4.78 is 12.0. The summed E-state index contributed by atoms with van der Waals surface area (Å²) in [6.07, 6.45) is 5.04. The predicted octanol–water partition coefficient (Wildman–Crippen LogP) is 3.57. The zero-order chi connectivity index (χ0) is 19.2. The Morgan fingerprint density at radius 1 is 1.22 bits per heavy atom. The second-order valence-corrected chi connectivity index (χ2v) is 6.53. The van der Waals surface area contributed by atoms with Crippen LogP contribution in [0.15, 0.2) is 36.7 Å². The normalized spacial score (nSPS) is 19.3. The molecule has 0 bridgehead atoms. The zero-order valence-corrected chi connectivity index (χ0v) is 15.7. The monoisotopic (exact) mass is 371 g/mol. The molecule has 0 radical (unpaired) electrons. The van der Waals surface area contributed by atoms with Crippen LogP contribution in [0, 0.1) is 0 Å². The van der Waals surface area contributed by atoms with Crippen LogP contribution in [0.25, 0.3) is 11.3 Å². The van der Waals surface area contributed by atoms with Gasteiger partial charge < -0.3 is 19.4 Å². The van der Waals surface area contributed by atoms with E-state index in [4.69, 9.17) is 9.47 Å². The Labute approximate surface area is 158 Å². The van der Waals surface area contributed by atoms with E-state index in [-0.39, 0.29) is 18.7 Å². The van der Waals surface area contributed by atoms with Gasteiger partial charge in [-0.2, -0.15) is 0 Å². The number of carbonyl (C=O) groups excluding carboxylic acids is 2. The minimum atomic E-state index is -0.445. The fourth-order valence-electron chi connectivity index (χ4n) is 3.67. The predicted molar refractivity (Wildman–Crippen MR) is 100 cm³/mol. The van der Waals surface area contributed by atoms with Crippen molar-refractivity contribution in [2.24, 2.45) is 0 Å². The highest BCUT2D eigenvalue weighted by molar-refractivity contribution is 5.94. The van der Waals surface area contributed by atoms with Gasteiger partial charge in [0.2, 0.25) is 0 Å². The molecule has 27 heavy (non-hydrogen) atoms. The molecular formula is C20H25N3O4. The number of hydrogen-bond donors (Lipinski definition) is 1. The number of ether oxygens (including phenoxy) is 2. The first-order valence-corrected chi connectivity index (χ1v) is 9.29. The number of amides is 1. The molecule has 0 aliphatic heterocycles. The van der Waals surface area contributed by atoms with Crippen LogP contribution < -0.4 is 5.32 Å². The van der Waals surface area contributed by atoms with Gasteiger partial charge in [-0.05, 0) is 19.8 Å². The number of methoxy groups -OCH3 is 1. The molecule has 0 spiro atoms. The van der Waals surface area contributed by atoms with Crippen molar-refractivity contribution < 1.29 is 19.1 Å². The van der Waals surface area contributed by atoms with Crippen LogP contribution >= 0.6 is 0 Å². The molecule has 7 nitrogen and oxygen atoms in total. The van der Waals surface area contributed by atoms with E-state index in [9.17, 15) is 9.59 Å². The Kier molecular flexibility index (Phi) is 6.11. The van der Waals surface area contributed by atoms with Crippen LogP contribution in [0.1, 0.15) is 49.1 Å². The molecule has 3 rings (SSSR count). The van der Waals surface area contributed by atoms with E-state index in [1.807, 2.05) is 34.9 Å². The highest BCUT2D eigenvalue weighted by Gasteiger charge is 2.32. The summed E-state index contributed by atoms with van der Waals surface area (Å²) in [5.74, 6) is -0.441. The average Bonchev–Trinajstić information content (AvgIpc) is 3.14. The number of carbonyl (C=O) groups is 2. The molecule has 1 N–H and O–H groups in total. The average molecular weight is 371 g/mol. The number of esters is 1. The molecule has 1 heterocycles. The van der Waals surface area contributed by atoms with Gasteiger partial charge in [-0.15, -0.1) is 0 Å². The van der Waals surface area contributed by atoms with Crippen molar-refractivity contribution >= 4 is 12.1 Å². The molecule has 1 amide bonds. The van der Waals surface area contributed by atoms with Gasteiger partial charge in [0.25, 0.3) is 0 Å². The zero-order valence-electron chi connectivity index (χ0n) is 15.7. The third kappa shape index (κ3) is 4.13. The molecule has 1 aromatic carbocycles. The Balaban J connectivity index is 2.03. The Bertz CT molecular complexity index is 788. The summed E-state index contributed by atoms with van der Waals surface area (Å²) >= 11 is 0. The number of rotatable bonds is 5. The standard InChI is InChI=1S/C20H25N3O4/c1-3-27-19(24)17-18(14-9-5-4-6-10-14)23(13-21-17)16-12-8-7-11-15(16)22-20(25)26-2/h4-6,9-10,13,15-16H,3,7-8,11-12H2,1-2H3,(H,22,25)/t15-,16-/m0/s1. The highest BCUT2D eigenvalue weighted by atomic mass is 16.5. The third-order valence-corrected chi connectivity index (χ3v) is 4.89. The number of nitrogens with zero attached hydrogens (tertiary/aromatic N) is 2. The van der Waals surface area contributed by atoms with Crippen LogP contribution in [0.5, 0.6) is 0 Å². The van der Waals surface area contributed by atoms with E-state index in [0.29, 0.717) is 5.69 Å². The molecule has 0 saturated heterocycles. The fraction of sp³-hybridized carbons (Fsp3) is 0.450. The van der Waals surface area contributed by atoms with E-state index in [2.05, 4.69) is 10.3 Å². The molecule has 1 fully saturated rings. The van der Waals surface area contributed by atoms with Crippen molar-refractivity contribution in [1.82, 2.24) is 14.9 Å². The first-order valence-electron chi connectivity index (χ1n) is 9.29. The molecule has 1 aliphatic carbocycles. The molecule has 2 atom stereocenters. The summed E-state index contributed by atoms with van der Waals surface area (Å²) in [6, 6.07) is 9.57. The summed E-state index contributed by atoms with van der Waals surface area (Å²) in [5.41, 5.74) is 1.91. The fourth-order valence-corrected chi connectivity index (χ4v) is 3.67. The van der Waals surface area contributed by atoms with Gasteiger partial charge in [0.05, 0.1) is 37.8 Å². The minimum absolute atomic E-state index is 0.0104. The van der Waals surface area contributed by atoms with Gasteiger partial charge in [-0.3, -0.25) is 0 Å². The van der Waals surface area contributed by atoms with Crippen LogP contribution in [0.2, 0.25) is 0 Å². The maximum Gasteiger partial charge on any atom is 0.407 e. The maximum absolute atomic E-state index is 12.5. The lowest BCUT2D eigenvalue weighted by Crippen LogP contribution is -2.43. The van der Waals surface area contributed by atoms with Crippen molar-refractivity contribution in [3.8, 4) is 11.3 Å². The number of aromatic nitrogens is 2. The van der Waals surface area contributed by atoms with E-state index in [1.54, 1.807) is 13.3 Å². The second kappa shape index (κ2) is 8.70. The SMILES string of the molecule is CCOC(=O)c1ncn([C@H]2CCCC[C@@H]2NC(=O)OC)c1-c1ccccc1. The van der Waals surface area contributed by atoms with Crippen LogP contribution in [0.3, 0.4) is 0 Å². The van der Waals surface area contributed by atoms with Gasteiger partial charge in [0.1, 0.15) is 0 Å². The molecule has 1 saturated carbocycles. The lowest BCUT2D eigenvalue weighted by atomic mass is 9.89. The lowest BCUT2D eigenvalue weighted by molar-refractivity contribution is 0.0520. The van der Waals surface area contributed by atoms with Crippen LogP contribution in [-0.4, -0.2) is 41.4 Å². The van der Waals surface area contributed by atoms with E-state index in [0.717, 1.165) is 36.9 Å². The highest BCUT2D eigenvalue weighted by Crippen LogP contribution is 2.34. The third-order valence-electron chi connectivity index (χ3n) is 4.89. The first kappa shape index (κ1) is 18.9. The number of imidazole rings is 1. The van der Waals surface area contributed by atoms with E-state index < -0.39 is 12.1 Å². The van der Waals surface area contributed by atoms with Crippen molar-refractivity contribution in [2.45, 2.75) is 44.7 Å². The first-order chi connectivity index (χ1) is 13.2. The molecular weight excluding hydrogens is 346 g/mol. The molecule has 144 valence electrons. The summed E-state index contributed by atoms with van der Waals surface area (Å²) in [7, 11) is 1.36. The largest absolute Gasteiger partial charge is 0.461 e. The smallest absolute Gasteiger partial charge is 0.407 e. The van der Waals surface area contributed by atoms with Crippen molar-refractivity contribution in [1.29, 1.82) is 0 Å². The number of hydrogen-bond acceptors (Lipinski definition) is 5. The summed E-state index contributed by atoms with van der Waals surface area (Å²) in [4.78, 5) is 28.6. The molecule has 2 aromatic rings. The topological polar surface area (TPSA) is 82.5 Å². The van der Waals surface area contributed by atoms with Gasteiger partial charge in [-0.25, -0.2) is 14.6 Å². The second-order valence-electron chi connectivity index (χ2n) is 6.53. The minimum Gasteiger partial charge on any atom is -0.461 e. The Morgan fingerprint density at radius 3 is 2.67 bits per heavy atom. The number of nitrogens with one attached hydrogen (secondary N) is 1. The molecule has 0 unspecified atom stereocenters. The Hall–Kier alpha value is -2.83. The van der Waals surface area contributed by atoms with Crippen molar-refractivity contribution in [3.05, 3.63) is 42.4 Å². The lowest BCUT2D eigenvalue weighted by Gasteiger charge is -2.33. The number of alkyl carbamates (subject to hydrolysis) is 1. The van der Waals surface area contributed by atoms with Gasteiger partial charge >= 0.3 is 12.1 Å². The Morgan fingerprint density at radius 2 is 1.96 bits per heavy atom. The van der Waals surface area contributed by atoms with Crippen LogP contribution in [0.4, 0.5) is 4.79 Å². The maximum atomic E-state index is 12.5.